The standard InChI is InChI=1S/C25H21NO5/c1-29-19-9-5-6-17(12-19)15-26-24(27)16-30-20-10-11-21-22(18-7-3-2-4-8-18)14-25(28)31-23(21)13-20/h2-14H,15-16H2,1H3,(H,26,27). The predicted octanol–water partition coefficient (Wildman–Crippen LogP) is 4.16. The average Bonchev–Trinajstić information content (AvgIpc) is 2.81. The third-order valence-corrected chi connectivity index (χ3v) is 4.79. The molecule has 156 valence electrons. The smallest absolute Gasteiger partial charge is 0.336 e. The second-order valence-electron chi connectivity index (χ2n) is 6.92. The normalized spacial score (nSPS) is 10.6. The largest absolute Gasteiger partial charge is 0.497 e. The topological polar surface area (TPSA) is 77.8 Å². The van der Waals surface area contributed by atoms with Gasteiger partial charge in [0, 0.05) is 24.1 Å². The van der Waals surface area contributed by atoms with Crippen molar-refractivity contribution in [3.05, 3.63) is 94.8 Å². The summed E-state index contributed by atoms with van der Waals surface area (Å²) in [6.07, 6.45) is 0. The van der Waals surface area contributed by atoms with E-state index >= 15 is 0 Å². The maximum Gasteiger partial charge on any atom is 0.336 e. The predicted molar refractivity (Wildman–Crippen MR) is 118 cm³/mol. The molecule has 0 aliphatic rings. The van der Waals surface area contributed by atoms with Gasteiger partial charge in [-0.05, 0) is 41.0 Å². The van der Waals surface area contributed by atoms with Gasteiger partial charge in [0.25, 0.3) is 5.91 Å². The number of hydrogen-bond donors (Lipinski definition) is 1. The van der Waals surface area contributed by atoms with Gasteiger partial charge in [-0.2, -0.15) is 0 Å². The lowest BCUT2D eigenvalue weighted by molar-refractivity contribution is -0.123. The van der Waals surface area contributed by atoms with Gasteiger partial charge >= 0.3 is 5.63 Å². The van der Waals surface area contributed by atoms with Crippen LogP contribution in [-0.2, 0) is 11.3 Å². The first-order chi connectivity index (χ1) is 15.1. The van der Waals surface area contributed by atoms with Crippen LogP contribution in [0.15, 0.2) is 88.1 Å². The zero-order chi connectivity index (χ0) is 21.6. The lowest BCUT2D eigenvalue weighted by Gasteiger charge is -2.10. The molecular weight excluding hydrogens is 394 g/mol. The lowest BCUT2D eigenvalue weighted by atomic mass is 10.0. The van der Waals surface area contributed by atoms with E-state index < -0.39 is 5.63 Å². The molecule has 1 aromatic heterocycles. The molecule has 1 amide bonds. The molecule has 4 rings (SSSR count). The molecule has 0 aliphatic heterocycles. The van der Waals surface area contributed by atoms with Gasteiger partial charge in [0.05, 0.1) is 7.11 Å². The first kappa shape index (κ1) is 20.2. The number of hydrogen-bond acceptors (Lipinski definition) is 5. The van der Waals surface area contributed by atoms with Gasteiger partial charge in [0.1, 0.15) is 17.1 Å². The Bertz CT molecular complexity index is 1260. The molecule has 0 aliphatic carbocycles. The van der Waals surface area contributed by atoms with Gasteiger partial charge in [0.15, 0.2) is 6.61 Å². The molecule has 3 aromatic carbocycles. The number of methoxy groups -OCH3 is 1. The second-order valence-corrected chi connectivity index (χ2v) is 6.92. The zero-order valence-corrected chi connectivity index (χ0v) is 17.0. The molecule has 31 heavy (non-hydrogen) atoms. The van der Waals surface area contributed by atoms with Gasteiger partial charge < -0.3 is 19.2 Å². The molecule has 0 bridgehead atoms. The Labute approximate surface area is 179 Å². The first-order valence-corrected chi connectivity index (χ1v) is 9.78. The number of fused-ring (bicyclic) bond motifs is 1. The van der Waals surface area contributed by atoms with E-state index in [0.717, 1.165) is 27.8 Å². The van der Waals surface area contributed by atoms with Crippen molar-refractivity contribution in [2.24, 2.45) is 0 Å². The fraction of sp³-hybridized carbons (Fsp3) is 0.120. The summed E-state index contributed by atoms with van der Waals surface area (Å²) in [6, 6.07) is 23.8. The van der Waals surface area contributed by atoms with Crippen molar-refractivity contribution in [2.75, 3.05) is 13.7 Å². The zero-order valence-electron chi connectivity index (χ0n) is 17.0. The van der Waals surface area contributed by atoms with Crippen LogP contribution >= 0.6 is 0 Å². The molecule has 1 heterocycles. The molecule has 0 saturated carbocycles. The number of amides is 1. The minimum absolute atomic E-state index is 0.155. The molecule has 4 aromatic rings. The fourth-order valence-corrected chi connectivity index (χ4v) is 3.27. The summed E-state index contributed by atoms with van der Waals surface area (Å²) in [5, 5.41) is 3.60. The Morgan fingerprint density at radius 2 is 1.77 bits per heavy atom. The monoisotopic (exact) mass is 415 g/mol. The van der Waals surface area contributed by atoms with E-state index in [2.05, 4.69) is 5.32 Å². The van der Waals surface area contributed by atoms with Crippen LogP contribution in [0.25, 0.3) is 22.1 Å². The quantitative estimate of drug-likeness (QED) is 0.459. The highest BCUT2D eigenvalue weighted by Gasteiger charge is 2.10. The van der Waals surface area contributed by atoms with E-state index in [0.29, 0.717) is 17.9 Å². The maximum absolute atomic E-state index is 12.2. The number of carbonyl (C=O) groups is 1. The van der Waals surface area contributed by atoms with Crippen LogP contribution in [0, 0.1) is 0 Å². The number of benzene rings is 3. The molecule has 1 N–H and O–H groups in total. The van der Waals surface area contributed by atoms with E-state index in [4.69, 9.17) is 13.9 Å². The van der Waals surface area contributed by atoms with Crippen molar-refractivity contribution in [2.45, 2.75) is 6.54 Å². The Kier molecular flexibility index (Phi) is 5.98. The van der Waals surface area contributed by atoms with Crippen LogP contribution in [0.2, 0.25) is 0 Å². The fourth-order valence-electron chi connectivity index (χ4n) is 3.27. The van der Waals surface area contributed by atoms with E-state index in [1.54, 1.807) is 19.2 Å². The highest BCUT2D eigenvalue weighted by molar-refractivity contribution is 5.93. The van der Waals surface area contributed by atoms with Gasteiger partial charge in [-0.15, -0.1) is 0 Å². The summed E-state index contributed by atoms with van der Waals surface area (Å²) in [5.41, 5.74) is 2.59. The number of ether oxygens (including phenoxy) is 2. The van der Waals surface area contributed by atoms with E-state index in [9.17, 15) is 9.59 Å². The van der Waals surface area contributed by atoms with Crippen molar-refractivity contribution < 1.29 is 18.7 Å². The minimum atomic E-state index is -0.445. The summed E-state index contributed by atoms with van der Waals surface area (Å²) in [5.74, 6) is 0.912. The lowest BCUT2D eigenvalue weighted by Crippen LogP contribution is -2.28. The summed E-state index contributed by atoms with van der Waals surface area (Å²) in [4.78, 5) is 24.2. The van der Waals surface area contributed by atoms with Crippen molar-refractivity contribution in [1.82, 2.24) is 5.32 Å². The summed E-state index contributed by atoms with van der Waals surface area (Å²) < 4.78 is 16.1. The summed E-state index contributed by atoms with van der Waals surface area (Å²) >= 11 is 0. The van der Waals surface area contributed by atoms with Crippen LogP contribution in [0.5, 0.6) is 11.5 Å². The van der Waals surface area contributed by atoms with Crippen LogP contribution < -0.4 is 20.4 Å². The Hall–Kier alpha value is -4.06. The summed E-state index contributed by atoms with van der Waals surface area (Å²) in [6.45, 7) is 0.213. The Balaban J connectivity index is 1.44. The third-order valence-electron chi connectivity index (χ3n) is 4.79. The van der Waals surface area contributed by atoms with Crippen molar-refractivity contribution in [3.8, 4) is 22.6 Å². The third kappa shape index (κ3) is 4.93. The highest BCUT2D eigenvalue weighted by Crippen LogP contribution is 2.29. The minimum Gasteiger partial charge on any atom is -0.497 e. The van der Waals surface area contributed by atoms with Crippen LogP contribution in [0.3, 0.4) is 0 Å². The Morgan fingerprint density at radius 3 is 2.58 bits per heavy atom. The van der Waals surface area contributed by atoms with Crippen LogP contribution in [0.4, 0.5) is 0 Å². The van der Waals surface area contributed by atoms with Gasteiger partial charge in [-0.3, -0.25) is 4.79 Å². The van der Waals surface area contributed by atoms with E-state index in [1.165, 1.54) is 6.07 Å². The molecule has 0 saturated heterocycles. The van der Waals surface area contributed by atoms with E-state index in [-0.39, 0.29) is 12.5 Å². The van der Waals surface area contributed by atoms with E-state index in [1.807, 2.05) is 60.7 Å². The van der Waals surface area contributed by atoms with Crippen molar-refractivity contribution in [1.29, 1.82) is 0 Å². The van der Waals surface area contributed by atoms with Crippen LogP contribution in [0.1, 0.15) is 5.56 Å². The van der Waals surface area contributed by atoms with Gasteiger partial charge in [-0.25, -0.2) is 4.79 Å². The molecule has 0 atom stereocenters. The molecule has 6 heteroatoms. The number of rotatable bonds is 7. The molecule has 0 fully saturated rings. The number of carbonyl (C=O) groups excluding carboxylic acids is 1. The molecule has 6 nitrogen and oxygen atoms in total. The molecule has 0 unspecified atom stereocenters. The molecular formula is C25H21NO5. The van der Waals surface area contributed by atoms with Crippen molar-refractivity contribution >= 4 is 16.9 Å². The highest BCUT2D eigenvalue weighted by atomic mass is 16.5. The first-order valence-electron chi connectivity index (χ1n) is 9.78. The van der Waals surface area contributed by atoms with Crippen LogP contribution in [-0.4, -0.2) is 19.6 Å². The average molecular weight is 415 g/mol. The second kappa shape index (κ2) is 9.17. The maximum atomic E-state index is 12.2. The SMILES string of the molecule is COc1cccc(CNC(=O)COc2ccc3c(-c4ccccc4)cc(=O)oc3c2)c1. The Morgan fingerprint density at radius 1 is 0.935 bits per heavy atom. The summed E-state index contributed by atoms with van der Waals surface area (Å²) in [7, 11) is 1.60. The molecule has 0 spiro atoms. The van der Waals surface area contributed by atoms with Crippen molar-refractivity contribution in [3.63, 3.8) is 0 Å². The number of nitrogens with one attached hydrogen (secondary N) is 1. The van der Waals surface area contributed by atoms with Gasteiger partial charge in [0.2, 0.25) is 0 Å². The molecule has 0 radical (unpaired) electrons. The van der Waals surface area contributed by atoms with Gasteiger partial charge in [-0.1, -0.05) is 42.5 Å².